The molecular weight excluding hydrogens is 414 g/mol. The summed E-state index contributed by atoms with van der Waals surface area (Å²) in [6.45, 7) is 8.92. The van der Waals surface area contributed by atoms with E-state index in [9.17, 15) is 18.0 Å². The van der Waals surface area contributed by atoms with Crippen molar-refractivity contribution >= 4 is 33.2 Å². The normalized spacial score (nSPS) is 16.8. The lowest BCUT2D eigenvalue weighted by molar-refractivity contribution is -0.118. The Labute approximate surface area is 183 Å². The molecule has 2 aromatic rings. The number of amides is 2. The third-order valence-electron chi connectivity index (χ3n) is 5.43. The van der Waals surface area contributed by atoms with Crippen molar-refractivity contribution in [2.24, 2.45) is 5.92 Å². The van der Waals surface area contributed by atoms with Gasteiger partial charge in [0.25, 0.3) is 0 Å². The molecule has 2 atom stereocenters. The van der Waals surface area contributed by atoms with Gasteiger partial charge in [0, 0.05) is 24.3 Å². The lowest BCUT2D eigenvalue weighted by Crippen LogP contribution is -2.47. The van der Waals surface area contributed by atoms with Gasteiger partial charge in [-0.1, -0.05) is 26.0 Å². The Morgan fingerprint density at radius 2 is 1.84 bits per heavy atom. The van der Waals surface area contributed by atoms with Crippen LogP contribution < -0.4 is 14.9 Å². The summed E-state index contributed by atoms with van der Waals surface area (Å²) in [5, 5.41) is 2.79. The van der Waals surface area contributed by atoms with E-state index >= 15 is 0 Å². The molecule has 3 rings (SSSR count). The quantitative estimate of drug-likeness (QED) is 0.716. The largest absolute Gasteiger partial charge is 0.325 e. The van der Waals surface area contributed by atoms with Crippen molar-refractivity contribution in [3.8, 4) is 0 Å². The van der Waals surface area contributed by atoms with Crippen LogP contribution in [0.15, 0.2) is 47.4 Å². The van der Waals surface area contributed by atoms with Gasteiger partial charge in [-0.3, -0.25) is 9.59 Å². The van der Waals surface area contributed by atoms with E-state index in [1.165, 1.54) is 13.0 Å². The molecule has 0 spiro atoms. The fourth-order valence-electron chi connectivity index (χ4n) is 3.92. The fourth-order valence-corrected chi connectivity index (χ4v) is 5.32. The van der Waals surface area contributed by atoms with E-state index in [4.69, 9.17) is 0 Å². The van der Waals surface area contributed by atoms with E-state index in [-0.39, 0.29) is 22.8 Å². The molecule has 1 heterocycles. The van der Waals surface area contributed by atoms with Crippen molar-refractivity contribution in [1.82, 2.24) is 4.72 Å². The first-order valence-corrected chi connectivity index (χ1v) is 11.8. The number of nitrogens with one attached hydrogen (secondary N) is 2. The first kappa shape index (κ1) is 23.0. The van der Waals surface area contributed by atoms with E-state index in [0.717, 1.165) is 16.8 Å². The second kappa shape index (κ2) is 8.80. The molecule has 31 heavy (non-hydrogen) atoms. The summed E-state index contributed by atoms with van der Waals surface area (Å²) in [7, 11) is -3.94. The molecule has 166 valence electrons. The highest BCUT2D eigenvalue weighted by Gasteiger charge is 2.32. The lowest BCUT2D eigenvalue weighted by atomic mass is 10.0. The average molecular weight is 444 g/mol. The van der Waals surface area contributed by atoms with E-state index in [1.54, 1.807) is 36.9 Å². The summed E-state index contributed by atoms with van der Waals surface area (Å²) in [5.41, 5.74) is 3.14. The zero-order valence-electron chi connectivity index (χ0n) is 18.5. The topological polar surface area (TPSA) is 95.6 Å². The van der Waals surface area contributed by atoms with Crippen LogP contribution in [0.1, 0.15) is 38.8 Å². The number of carbonyl (C=O) groups is 2. The molecule has 8 heteroatoms. The van der Waals surface area contributed by atoms with Gasteiger partial charge in [-0.2, -0.15) is 4.72 Å². The van der Waals surface area contributed by atoms with Crippen LogP contribution in [0.5, 0.6) is 0 Å². The molecule has 0 bridgehead atoms. The van der Waals surface area contributed by atoms with Crippen molar-refractivity contribution in [2.45, 2.75) is 58.0 Å². The zero-order chi connectivity index (χ0) is 22.9. The first-order chi connectivity index (χ1) is 14.5. The molecule has 1 aliphatic rings. The number of benzene rings is 2. The molecule has 0 fully saturated rings. The number of aryl methyl sites for hydroxylation is 1. The summed E-state index contributed by atoms with van der Waals surface area (Å²) in [6.07, 6.45) is 0.583. The molecular formula is C23H29N3O4S. The van der Waals surface area contributed by atoms with Crippen molar-refractivity contribution in [3.63, 3.8) is 0 Å². The van der Waals surface area contributed by atoms with Gasteiger partial charge >= 0.3 is 0 Å². The molecule has 0 saturated heterocycles. The number of carbonyl (C=O) groups excluding carboxylic acids is 2. The predicted molar refractivity (Wildman–Crippen MR) is 122 cm³/mol. The van der Waals surface area contributed by atoms with Gasteiger partial charge in [0.05, 0.1) is 4.90 Å². The van der Waals surface area contributed by atoms with Crippen molar-refractivity contribution in [2.75, 3.05) is 10.2 Å². The highest BCUT2D eigenvalue weighted by molar-refractivity contribution is 7.89. The Balaban J connectivity index is 1.83. The summed E-state index contributed by atoms with van der Waals surface area (Å²) in [6, 6.07) is 11.1. The van der Waals surface area contributed by atoms with Crippen LogP contribution in [0.3, 0.4) is 0 Å². The molecule has 0 saturated carbocycles. The molecule has 0 aliphatic carbocycles. The molecule has 0 unspecified atom stereocenters. The third-order valence-corrected chi connectivity index (χ3v) is 6.87. The molecule has 0 radical (unpaired) electrons. The maximum Gasteiger partial charge on any atom is 0.242 e. The van der Waals surface area contributed by atoms with Gasteiger partial charge in [0.2, 0.25) is 21.8 Å². The second-order valence-corrected chi connectivity index (χ2v) is 10.1. The lowest BCUT2D eigenvalue weighted by Gasteiger charge is -2.22. The Bertz CT molecular complexity index is 1110. The van der Waals surface area contributed by atoms with Crippen LogP contribution >= 0.6 is 0 Å². The van der Waals surface area contributed by atoms with Crippen LogP contribution in [0, 0.1) is 12.8 Å². The molecule has 0 aromatic heterocycles. The number of anilines is 2. The molecule has 7 nitrogen and oxygen atoms in total. The molecule has 1 aliphatic heterocycles. The summed E-state index contributed by atoms with van der Waals surface area (Å²) in [4.78, 5) is 26.5. The van der Waals surface area contributed by atoms with Gasteiger partial charge in [0.15, 0.2) is 0 Å². The Morgan fingerprint density at radius 3 is 2.45 bits per heavy atom. The Kier molecular flexibility index (Phi) is 6.52. The van der Waals surface area contributed by atoms with Crippen LogP contribution in [-0.4, -0.2) is 32.3 Å². The monoisotopic (exact) mass is 443 g/mol. The SMILES string of the molecule is CC(=O)N1c2ccc(S(=O)(=O)N[C@@H](C(=O)Nc3cccc(C)c3)C(C)C)cc2C[C@H]1C. The summed E-state index contributed by atoms with van der Waals surface area (Å²) in [5.74, 6) is -0.753. The van der Waals surface area contributed by atoms with Gasteiger partial charge < -0.3 is 10.2 Å². The van der Waals surface area contributed by atoms with Crippen LogP contribution in [0.4, 0.5) is 11.4 Å². The molecule has 2 aromatic carbocycles. The van der Waals surface area contributed by atoms with Gasteiger partial charge in [0.1, 0.15) is 6.04 Å². The fraction of sp³-hybridized carbons (Fsp3) is 0.391. The van der Waals surface area contributed by atoms with E-state index in [0.29, 0.717) is 12.1 Å². The van der Waals surface area contributed by atoms with Crippen molar-refractivity contribution in [3.05, 3.63) is 53.6 Å². The van der Waals surface area contributed by atoms with Crippen LogP contribution in [0.25, 0.3) is 0 Å². The van der Waals surface area contributed by atoms with E-state index in [1.807, 2.05) is 32.0 Å². The highest BCUT2D eigenvalue weighted by atomic mass is 32.2. The van der Waals surface area contributed by atoms with Gasteiger partial charge in [-0.15, -0.1) is 0 Å². The van der Waals surface area contributed by atoms with E-state index < -0.39 is 22.0 Å². The maximum absolute atomic E-state index is 13.1. The third kappa shape index (κ3) is 4.97. The summed E-state index contributed by atoms with van der Waals surface area (Å²) >= 11 is 0. The van der Waals surface area contributed by atoms with Crippen LogP contribution in [0.2, 0.25) is 0 Å². The molecule has 2 amide bonds. The summed E-state index contributed by atoms with van der Waals surface area (Å²) < 4.78 is 28.7. The average Bonchev–Trinajstić information content (AvgIpc) is 3.00. The number of sulfonamides is 1. The standard InChI is InChI=1S/C23H29N3O4S/c1-14(2)22(23(28)24-19-8-6-7-15(3)11-19)25-31(29,30)20-9-10-21-18(13-20)12-16(4)26(21)17(5)27/h6-11,13-14,16,22,25H,12H2,1-5H3,(H,24,28)/t16-,22-/m1/s1. The van der Waals surface area contributed by atoms with Gasteiger partial charge in [-0.25, -0.2) is 8.42 Å². The molecule has 2 N–H and O–H groups in total. The highest BCUT2D eigenvalue weighted by Crippen LogP contribution is 2.34. The number of nitrogens with zero attached hydrogens (tertiary/aromatic N) is 1. The minimum atomic E-state index is -3.94. The number of rotatable bonds is 6. The maximum atomic E-state index is 13.1. The predicted octanol–water partition coefficient (Wildman–Crippen LogP) is 3.23. The van der Waals surface area contributed by atoms with Crippen LogP contribution in [-0.2, 0) is 26.0 Å². The number of hydrogen-bond donors (Lipinski definition) is 2. The minimum Gasteiger partial charge on any atom is -0.325 e. The number of fused-ring (bicyclic) bond motifs is 1. The second-order valence-electron chi connectivity index (χ2n) is 8.43. The van der Waals surface area contributed by atoms with Gasteiger partial charge in [-0.05, 0) is 67.6 Å². The zero-order valence-corrected chi connectivity index (χ0v) is 19.3. The Hall–Kier alpha value is -2.71. The minimum absolute atomic E-state index is 0.0260. The number of hydrogen-bond acceptors (Lipinski definition) is 4. The van der Waals surface area contributed by atoms with Crippen molar-refractivity contribution in [1.29, 1.82) is 0 Å². The van der Waals surface area contributed by atoms with E-state index in [2.05, 4.69) is 10.0 Å². The van der Waals surface area contributed by atoms with Crippen molar-refractivity contribution < 1.29 is 18.0 Å². The smallest absolute Gasteiger partial charge is 0.242 e. The first-order valence-electron chi connectivity index (χ1n) is 10.3. The Morgan fingerprint density at radius 1 is 1.13 bits per heavy atom.